The second-order valence-electron chi connectivity index (χ2n) is 4.87. The minimum Gasteiger partial charge on any atom is -0.494 e. The van der Waals surface area contributed by atoms with Gasteiger partial charge < -0.3 is 4.74 Å². The van der Waals surface area contributed by atoms with Gasteiger partial charge in [-0.3, -0.25) is 25.8 Å². The van der Waals surface area contributed by atoms with Crippen LogP contribution in [-0.4, -0.2) is 23.5 Å². The number of ether oxygens (including phenoxy) is 1. The minimum atomic E-state index is -0.371. The summed E-state index contributed by atoms with van der Waals surface area (Å²) in [6.45, 7) is 4.46. The first kappa shape index (κ1) is 18.9. The van der Waals surface area contributed by atoms with Crippen LogP contribution >= 0.6 is 12.2 Å². The van der Waals surface area contributed by atoms with Gasteiger partial charge in [0, 0.05) is 12.0 Å². The van der Waals surface area contributed by atoms with Crippen molar-refractivity contribution < 1.29 is 14.3 Å². The van der Waals surface area contributed by atoms with Crippen LogP contribution in [-0.2, 0) is 4.79 Å². The van der Waals surface area contributed by atoms with Crippen LogP contribution in [0.3, 0.4) is 0 Å². The Bertz CT molecular complexity index is 549. The van der Waals surface area contributed by atoms with E-state index in [2.05, 4.69) is 23.1 Å². The van der Waals surface area contributed by atoms with Crippen molar-refractivity contribution >= 4 is 29.1 Å². The number of hydrogen-bond donors (Lipinski definition) is 3. The lowest BCUT2D eigenvalue weighted by molar-refractivity contribution is -0.121. The van der Waals surface area contributed by atoms with Gasteiger partial charge in [0.05, 0.1) is 6.61 Å². The highest BCUT2D eigenvalue weighted by Crippen LogP contribution is 2.13. The summed E-state index contributed by atoms with van der Waals surface area (Å²) < 4.78 is 5.34. The van der Waals surface area contributed by atoms with Gasteiger partial charge in [0.15, 0.2) is 5.11 Å². The van der Waals surface area contributed by atoms with E-state index in [0.717, 1.165) is 19.3 Å². The Kier molecular flexibility index (Phi) is 8.67. The second kappa shape index (κ2) is 10.6. The summed E-state index contributed by atoms with van der Waals surface area (Å²) >= 11 is 4.98. The van der Waals surface area contributed by atoms with Crippen molar-refractivity contribution in [1.29, 1.82) is 0 Å². The van der Waals surface area contributed by atoms with E-state index in [-0.39, 0.29) is 16.9 Å². The van der Waals surface area contributed by atoms with Crippen molar-refractivity contribution in [3.63, 3.8) is 0 Å². The molecule has 1 aromatic rings. The van der Waals surface area contributed by atoms with E-state index in [0.29, 0.717) is 24.3 Å². The van der Waals surface area contributed by atoms with E-state index in [1.165, 1.54) is 0 Å². The van der Waals surface area contributed by atoms with Gasteiger partial charge in [0.1, 0.15) is 5.75 Å². The van der Waals surface area contributed by atoms with Crippen LogP contribution in [0.4, 0.5) is 0 Å². The highest BCUT2D eigenvalue weighted by atomic mass is 32.1. The van der Waals surface area contributed by atoms with E-state index < -0.39 is 0 Å². The third-order valence-electron chi connectivity index (χ3n) is 2.96. The first-order valence-electron chi connectivity index (χ1n) is 7.69. The summed E-state index contributed by atoms with van der Waals surface area (Å²) in [5.41, 5.74) is 5.40. The fourth-order valence-electron chi connectivity index (χ4n) is 1.82. The maximum atomic E-state index is 12.1. The molecule has 0 atom stereocenters. The molecule has 0 aliphatic heterocycles. The smallest absolute Gasteiger partial charge is 0.257 e. The Labute approximate surface area is 141 Å². The van der Waals surface area contributed by atoms with Crippen molar-refractivity contribution in [2.24, 2.45) is 0 Å². The van der Waals surface area contributed by atoms with Crippen LogP contribution in [0.5, 0.6) is 5.75 Å². The Morgan fingerprint density at radius 1 is 1.17 bits per heavy atom. The zero-order chi connectivity index (χ0) is 17.1. The van der Waals surface area contributed by atoms with E-state index in [1.807, 2.05) is 6.92 Å². The molecule has 3 N–H and O–H groups in total. The number of amides is 2. The van der Waals surface area contributed by atoms with Gasteiger partial charge >= 0.3 is 0 Å². The Morgan fingerprint density at radius 3 is 2.65 bits per heavy atom. The third-order valence-corrected chi connectivity index (χ3v) is 3.16. The fraction of sp³-hybridized carbons (Fsp3) is 0.438. The number of benzene rings is 1. The van der Waals surface area contributed by atoms with Crippen LogP contribution in [0.25, 0.3) is 0 Å². The third kappa shape index (κ3) is 7.60. The number of carbonyl (C=O) groups is 2. The standard InChI is InChI=1S/C16H23N3O3S/c1-3-5-6-10-14(20)18-19-16(23)17-15(21)12-8-7-9-13(11-12)22-4-2/h7-9,11H,3-6,10H2,1-2H3,(H,18,20)(H2,17,19,21,23). The lowest BCUT2D eigenvalue weighted by Gasteiger charge is -2.11. The molecule has 7 heteroatoms. The summed E-state index contributed by atoms with van der Waals surface area (Å²) in [5.74, 6) is 0.0842. The van der Waals surface area contributed by atoms with E-state index in [9.17, 15) is 9.59 Å². The number of hydrazine groups is 1. The number of thiocarbonyl (C=S) groups is 1. The molecular weight excluding hydrogens is 314 g/mol. The molecule has 0 aliphatic carbocycles. The van der Waals surface area contributed by atoms with E-state index in [1.54, 1.807) is 24.3 Å². The molecule has 126 valence electrons. The fourth-order valence-corrected chi connectivity index (χ4v) is 1.97. The van der Waals surface area contributed by atoms with Crippen molar-refractivity contribution in [3.05, 3.63) is 29.8 Å². The van der Waals surface area contributed by atoms with Crippen LogP contribution in [0.2, 0.25) is 0 Å². The molecule has 0 bridgehead atoms. The quantitative estimate of drug-likeness (QED) is 0.404. The summed E-state index contributed by atoms with van der Waals surface area (Å²) in [5, 5.41) is 2.54. The molecule has 0 aromatic heterocycles. The molecule has 2 amide bonds. The molecule has 0 unspecified atom stereocenters. The SMILES string of the molecule is CCCCCC(=O)NNC(=S)NC(=O)c1cccc(OCC)c1. The lowest BCUT2D eigenvalue weighted by atomic mass is 10.2. The maximum absolute atomic E-state index is 12.1. The molecule has 0 spiro atoms. The highest BCUT2D eigenvalue weighted by molar-refractivity contribution is 7.80. The number of carbonyl (C=O) groups excluding carboxylic acids is 2. The van der Waals surface area contributed by atoms with Crippen molar-refractivity contribution in [3.8, 4) is 5.75 Å². The lowest BCUT2D eigenvalue weighted by Crippen LogP contribution is -2.48. The van der Waals surface area contributed by atoms with Crippen molar-refractivity contribution in [2.75, 3.05) is 6.61 Å². The highest BCUT2D eigenvalue weighted by Gasteiger charge is 2.09. The molecule has 0 fully saturated rings. The molecule has 23 heavy (non-hydrogen) atoms. The Hall–Kier alpha value is -2.15. The minimum absolute atomic E-state index is 0.0423. The Balaban J connectivity index is 2.40. The zero-order valence-electron chi connectivity index (χ0n) is 13.5. The summed E-state index contributed by atoms with van der Waals surface area (Å²) in [6, 6.07) is 6.79. The van der Waals surface area contributed by atoms with Crippen LogP contribution < -0.4 is 20.9 Å². The first-order chi connectivity index (χ1) is 11.1. The van der Waals surface area contributed by atoms with Gasteiger partial charge in [-0.1, -0.05) is 25.8 Å². The molecule has 0 radical (unpaired) electrons. The van der Waals surface area contributed by atoms with Crippen molar-refractivity contribution in [2.45, 2.75) is 39.5 Å². The summed E-state index contributed by atoms with van der Waals surface area (Å²) in [6.07, 6.45) is 3.31. The average Bonchev–Trinajstić information content (AvgIpc) is 2.54. The maximum Gasteiger partial charge on any atom is 0.257 e. The predicted octanol–water partition coefficient (Wildman–Crippen LogP) is 2.30. The number of hydrogen-bond acceptors (Lipinski definition) is 4. The Morgan fingerprint density at radius 2 is 1.96 bits per heavy atom. The zero-order valence-corrected chi connectivity index (χ0v) is 14.3. The second-order valence-corrected chi connectivity index (χ2v) is 5.28. The van der Waals surface area contributed by atoms with Gasteiger partial charge in [0.25, 0.3) is 5.91 Å². The molecule has 1 aromatic carbocycles. The molecule has 0 aliphatic rings. The number of rotatable bonds is 7. The van der Waals surface area contributed by atoms with Crippen molar-refractivity contribution in [1.82, 2.24) is 16.2 Å². The topological polar surface area (TPSA) is 79.5 Å². The van der Waals surface area contributed by atoms with Gasteiger partial charge in [-0.2, -0.15) is 0 Å². The number of nitrogens with one attached hydrogen (secondary N) is 3. The predicted molar refractivity (Wildman–Crippen MR) is 93.1 cm³/mol. The monoisotopic (exact) mass is 337 g/mol. The van der Waals surface area contributed by atoms with Gasteiger partial charge in [-0.05, 0) is 43.8 Å². The normalized spacial score (nSPS) is 9.83. The largest absolute Gasteiger partial charge is 0.494 e. The van der Waals surface area contributed by atoms with Crippen LogP contribution in [0.15, 0.2) is 24.3 Å². The van der Waals surface area contributed by atoms with Crippen LogP contribution in [0.1, 0.15) is 49.9 Å². The average molecular weight is 337 g/mol. The number of unbranched alkanes of at least 4 members (excludes halogenated alkanes) is 2. The van der Waals surface area contributed by atoms with Crippen LogP contribution in [0, 0.1) is 0 Å². The van der Waals surface area contributed by atoms with E-state index >= 15 is 0 Å². The molecule has 0 saturated heterocycles. The summed E-state index contributed by atoms with van der Waals surface area (Å²) in [7, 11) is 0. The van der Waals surface area contributed by atoms with Gasteiger partial charge in [-0.15, -0.1) is 0 Å². The molecular formula is C16H23N3O3S. The molecule has 0 heterocycles. The molecule has 1 rings (SSSR count). The molecule has 0 saturated carbocycles. The van der Waals surface area contributed by atoms with E-state index in [4.69, 9.17) is 17.0 Å². The first-order valence-corrected chi connectivity index (χ1v) is 8.10. The summed E-state index contributed by atoms with van der Waals surface area (Å²) in [4.78, 5) is 23.6. The van der Waals surface area contributed by atoms with Gasteiger partial charge in [0.2, 0.25) is 5.91 Å². The molecule has 6 nitrogen and oxygen atoms in total. The van der Waals surface area contributed by atoms with Gasteiger partial charge in [-0.25, -0.2) is 0 Å².